The zero-order valence-corrected chi connectivity index (χ0v) is 19.7. The summed E-state index contributed by atoms with van der Waals surface area (Å²) < 4.78 is 3.39. The Balaban J connectivity index is 1.41. The van der Waals surface area contributed by atoms with Gasteiger partial charge in [0, 0.05) is 48.8 Å². The summed E-state index contributed by atoms with van der Waals surface area (Å²) in [6, 6.07) is 13.1. The molecule has 0 bridgehead atoms. The van der Waals surface area contributed by atoms with E-state index in [2.05, 4.69) is 10.3 Å². The predicted octanol–water partition coefficient (Wildman–Crippen LogP) is 3.56. The van der Waals surface area contributed by atoms with Crippen LogP contribution in [0.4, 0.5) is 5.69 Å². The van der Waals surface area contributed by atoms with Gasteiger partial charge in [-0.1, -0.05) is 12.1 Å². The first-order chi connectivity index (χ1) is 16.4. The molecule has 4 aromatic rings. The van der Waals surface area contributed by atoms with Crippen LogP contribution in [-0.2, 0) is 22.7 Å². The van der Waals surface area contributed by atoms with Crippen molar-refractivity contribution in [1.82, 2.24) is 19.0 Å². The first kappa shape index (κ1) is 23.2. The number of carbonyl (C=O) groups excluding carboxylic acids is 2. The van der Waals surface area contributed by atoms with Gasteiger partial charge in [-0.05, 0) is 56.7 Å². The molecule has 1 N–H and O–H groups in total. The average molecular weight is 460 g/mol. The Morgan fingerprint density at radius 2 is 1.85 bits per heavy atom. The van der Waals surface area contributed by atoms with Crippen molar-refractivity contribution in [3.05, 3.63) is 70.9 Å². The second kappa shape index (κ2) is 9.91. The third-order valence-electron chi connectivity index (χ3n) is 6.11. The first-order valence-electron chi connectivity index (χ1n) is 11.5. The minimum atomic E-state index is -0.188. The highest BCUT2D eigenvalue weighted by molar-refractivity contribution is 5.94. The van der Waals surface area contributed by atoms with Crippen molar-refractivity contribution >= 4 is 39.3 Å². The van der Waals surface area contributed by atoms with Crippen LogP contribution in [0.25, 0.3) is 21.8 Å². The number of para-hydroxylation sites is 1. The molecule has 2 aromatic carbocycles. The number of aryl methyl sites for hydroxylation is 2. The highest BCUT2D eigenvalue weighted by atomic mass is 16.2. The summed E-state index contributed by atoms with van der Waals surface area (Å²) in [5, 5.41) is 4.39. The van der Waals surface area contributed by atoms with Crippen LogP contribution in [0.5, 0.6) is 0 Å². The normalized spacial score (nSPS) is 11.1. The molecule has 8 heteroatoms. The van der Waals surface area contributed by atoms with E-state index >= 15 is 0 Å². The number of aromatic nitrogens is 3. The van der Waals surface area contributed by atoms with Crippen molar-refractivity contribution < 1.29 is 9.59 Å². The summed E-state index contributed by atoms with van der Waals surface area (Å²) >= 11 is 0. The smallest absolute Gasteiger partial charge is 0.261 e. The molecule has 0 aliphatic rings. The maximum absolute atomic E-state index is 12.7. The van der Waals surface area contributed by atoms with E-state index in [0.29, 0.717) is 29.7 Å². The molecule has 8 nitrogen and oxygen atoms in total. The molecule has 0 aliphatic carbocycles. The number of hydrogen-bond acceptors (Lipinski definition) is 4. The molecule has 0 unspecified atom stereocenters. The van der Waals surface area contributed by atoms with E-state index in [9.17, 15) is 14.4 Å². The van der Waals surface area contributed by atoms with Crippen molar-refractivity contribution in [3.63, 3.8) is 0 Å². The number of likely N-dealkylation sites (N-methyl/N-ethyl adjacent to an activating group) is 1. The Hall–Kier alpha value is -3.94. The van der Waals surface area contributed by atoms with Crippen LogP contribution in [0.1, 0.15) is 25.8 Å². The maximum atomic E-state index is 12.7. The number of benzene rings is 2. The van der Waals surface area contributed by atoms with Crippen molar-refractivity contribution in [2.75, 3.05) is 18.4 Å². The summed E-state index contributed by atoms with van der Waals surface area (Å²) in [4.78, 5) is 43.9. The fraction of sp³-hybridized carbons (Fsp3) is 0.308. The van der Waals surface area contributed by atoms with Gasteiger partial charge in [-0.2, -0.15) is 0 Å². The highest BCUT2D eigenvalue weighted by Crippen LogP contribution is 2.21. The molecule has 2 aromatic heterocycles. The Kier molecular flexibility index (Phi) is 6.77. The van der Waals surface area contributed by atoms with Crippen LogP contribution >= 0.6 is 0 Å². The molecule has 0 saturated carbocycles. The van der Waals surface area contributed by atoms with Crippen LogP contribution in [0.3, 0.4) is 0 Å². The van der Waals surface area contributed by atoms with Crippen LogP contribution in [0, 0.1) is 6.92 Å². The molecule has 0 radical (unpaired) electrons. The molecule has 2 heterocycles. The van der Waals surface area contributed by atoms with Crippen molar-refractivity contribution in [3.8, 4) is 0 Å². The average Bonchev–Trinajstić information content (AvgIpc) is 3.21. The molecule has 0 saturated heterocycles. The number of hydrogen-bond donors (Lipinski definition) is 1. The lowest BCUT2D eigenvalue weighted by Crippen LogP contribution is -2.33. The summed E-state index contributed by atoms with van der Waals surface area (Å²) in [5.41, 5.74) is 3.09. The van der Waals surface area contributed by atoms with Gasteiger partial charge in [0.25, 0.3) is 5.56 Å². The summed E-state index contributed by atoms with van der Waals surface area (Å²) in [7, 11) is 0. The second-order valence-corrected chi connectivity index (χ2v) is 8.30. The fourth-order valence-corrected chi connectivity index (χ4v) is 4.18. The maximum Gasteiger partial charge on any atom is 0.261 e. The topological polar surface area (TPSA) is 89.2 Å². The van der Waals surface area contributed by atoms with Crippen molar-refractivity contribution in [1.29, 1.82) is 0 Å². The molecule has 2 amide bonds. The third kappa shape index (κ3) is 4.71. The van der Waals surface area contributed by atoms with Crippen molar-refractivity contribution in [2.45, 2.75) is 40.3 Å². The summed E-state index contributed by atoms with van der Waals surface area (Å²) in [5.74, 6) is -0.111. The third-order valence-corrected chi connectivity index (χ3v) is 6.11. The van der Waals surface area contributed by atoms with E-state index in [-0.39, 0.29) is 36.9 Å². The molecule has 176 valence electrons. The fourth-order valence-electron chi connectivity index (χ4n) is 4.18. The lowest BCUT2D eigenvalue weighted by molar-refractivity contribution is -0.131. The van der Waals surface area contributed by atoms with E-state index in [4.69, 9.17) is 0 Å². The van der Waals surface area contributed by atoms with Gasteiger partial charge in [0.05, 0.1) is 17.2 Å². The lowest BCUT2D eigenvalue weighted by Gasteiger charge is -2.19. The van der Waals surface area contributed by atoms with Gasteiger partial charge >= 0.3 is 0 Å². The number of rotatable bonds is 8. The molecular formula is C26H29N5O3. The van der Waals surface area contributed by atoms with E-state index in [0.717, 1.165) is 16.5 Å². The molecule has 34 heavy (non-hydrogen) atoms. The van der Waals surface area contributed by atoms with Gasteiger partial charge in [-0.3, -0.25) is 19.0 Å². The molecule has 0 fully saturated rings. The van der Waals surface area contributed by atoms with E-state index < -0.39 is 0 Å². The number of nitrogens with zero attached hydrogens (tertiary/aromatic N) is 4. The Bertz CT molecular complexity index is 1420. The van der Waals surface area contributed by atoms with Crippen LogP contribution in [0.2, 0.25) is 0 Å². The largest absolute Gasteiger partial charge is 0.342 e. The van der Waals surface area contributed by atoms with Crippen molar-refractivity contribution in [2.24, 2.45) is 0 Å². The zero-order valence-electron chi connectivity index (χ0n) is 19.7. The van der Waals surface area contributed by atoms with Gasteiger partial charge in [0.15, 0.2) is 0 Å². The molecule has 4 rings (SSSR count). The van der Waals surface area contributed by atoms with Crippen LogP contribution < -0.4 is 10.9 Å². The summed E-state index contributed by atoms with van der Waals surface area (Å²) in [6.07, 6.45) is 3.54. The Morgan fingerprint density at radius 3 is 2.62 bits per heavy atom. The van der Waals surface area contributed by atoms with Gasteiger partial charge < -0.3 is 14.8 Å². The number of nitrogens with one attached hydrogen (secondary N) is 1. The number of fused-ring (bicyclic) bond motifs is 2. The minimum Gasteiger partial charge on any atom is -0.342 e. The van der Waals surface area contributed by atoms with E-state index in [1.165, 1.54) is 10.9 Å². The standard InChI is InChI=1S/C26H29N5O3/c1-4-29(5-2)24(33)16-30-13-11-19-15-20(9-10-22(19)30)28-23(32)12-14-31-17-27-25-18(3)7-6-8-21(25)26(31)34/h6-11,13,15,17H,4-5,12,14,16H2,1-3H3,(H,28,32). The van der Waals surface area contributed by atoms with Gasteiger partial charge in [0.2, 0.25) is 11.8 Å². The quantitative estimate of drug-likeness (QED) is 0.436. The zero-order chi connectivity index (χ0) is 24.2. The Labute approximate surface area is 197 Å². The SMILES string of the molecule is CCN(CC)C(=O)Cn1ccc2cc(NC(=O)CCn3cnc4c(C)cccc4c3=O)ccc21. The van der Waals surface area contributed by atoms with Crippen LogP contribution in [-0.4, -0.2) is 43.9 Å². The van der Waals surface area contributed by atoms with Gasteiger partial charge in [-0.15, -0.1) is 0 Å². The first-order valence-corrected chi connectivity index (χ1v) is 11.5. The van der Waals surface area contributed by atoms with Gasteiger partial charge in [0.1, 0.15) is 6.54 Å². The monoisotopic (exact) mass is 459 g/mol. The lowest BCUT2D eigenvalue weighted by atomic mass is 10.1. The molecule has 0 aliphatic heterocycles. The molecule has 0 spiro atoms. The summed E-state index contributed by atoms with van der Waals surface area (Å²) in [6.45, 7) is 7.76. The Morgan fingerprint density at radius 1 is 1.06 bits per heavy atom. The molecule has 0 atom stereocenters. The number of amides is 2. The second-order valence-electron chi connectivity index (χ2n) is 8.30. The van der Waals surface area contributed by atoms with E-state index in [1.54, 1.807) is 11.0 Å². The number of anilines is 1. The molecular weight excluding hydrogens is 430 g/mol. The number of carbonyl (C=O) groups is 2. The highest BCUT2D eigenvalue weighted by Gasteiger charge is 2.13. The predicted molar refractivity (Wildman–Crippen MR) is 134 cm³/mol. The minimum absolute atomic E-state index is 0.0773. The van der Waals surface area contributed by atoms with Gasteiger partial charge in [-0.25, -0.2) is 4.98 Å². The van der Waals surface area contributed by atoms with E-state index in [1.807, 2.05) is 67.9 Å². The van der Waals surface area contributed by atoms with Crippen LogP contribution in [0.15, 0.2) is 59.8 Å².